The third-order valence-corrected chi connectivity index (χ3v) is 8.24. The first-order valence-corrected chi connectivity index (χ1v) is 12.7. The number of ether oxygens (including phenoxy) is 1. The van der Waals surface area contributed by atoms with E-state index in [1.54, 1.807) is 7.11 Å². The van der Waals surface area contributed by atoms with Crippen molar-refractivity contribution in [1.29, 1.82) is 0 Å². The lowest BCUT2D eigenvalue weighted by Gasteiger charge is -2.40. The van der Waals surface area contributed by atoms with E-state index in [4.69, 9.17) is 4.74 Å². The summed E-state index contributed by atoms with van der Waals surface area (Å²) in [5.41, 5.74) is 3.53. The highest BCUT2D eigenvalue weighted by Crippen LogP contribution is 2.52. The molecule has 0 unspecified atom stereocenters. The highest BCUT2D eigenvalue weighted by Gasteiger charge is 2.45. The second-order valence-corrected chi connectivity index (χ2v) is 10.2. The van der Waals surface area contributed by atoms with E-state index in [9.17, 15) is 5.11 Å². The molecule has 0 saturated heterocycles. The van der Waals surface area contributed by atoms with Gasteiger partial charge in [0.15, 0.2) is 0 Å². The van der Waals surface area contributed by atoms with Crippen LogP contribution in [-0.2, 0) is 0 Å². The van der Waals surface area contributed by atoms with Gasteiger partial charge in [-0.15, -0.1) is 11.8 Å². The molecule has 3 rings (SSSR count). The van der Waals surface area contributed by atoms with E-state index in [2.05, 4.69) is 63.2 Å². The highest BCUT2D eigenvalue weighted by molar-refractivity contribution is 7.99. The lowest BCUT2D eigenvalue weighted by Crippen LogP contribution is -2.41. The maximum atomic E-state index is 12.1. The molecule has 3 nitrogen and oxygen atoms in total. The average molecular weight is 442 g/mol. The van der Waals surface area contributed by atoms with Crippen molar-refractivity contribution in [2.24, 2.45) is 5.41 Å². The fourth-order valence-corrected chi connectivity index (χ4v) is 6.23. The Balaban J connectivity index is 2.14. The third-order valence-electron chi connectivity index (χ3n) is 6.83. The van der Waals surface area contributed by atoms with Gasteiger partial charge in [0.2, 0.25) is 0 Å². The summed E-state index contributed by atoms with van der Waals surface area (Å²) in [4.78, 5) is 3.45. The SMILES string of the molecule is CCCCC1(CCCC)CSc2ccc(N(C)C)cc2[C@@H](c2ccc(OC)cc2)[C@H]1O. The van der Waals surface area contributed by atoms with Crippen LogP contribution in [0.4, 0.5) is 5.69 Å². The topological polar surface area (TPSA) is 32.7 Å². The third kappa shape index (κ3) is 5.23. The Labute approximate surface area is 193 Å². The lowest BCUT2D eigenvalue weighted by molar-refractivity contribution is 0.0135. The number of aliphatic hydroxyl groups is 1. The van der Waals surface area contributed by atoms with Crippen molar-refractivity contribution in [3.8, 4) is 5.75 Å². The largest absolute Gasteiger partial charge is 0.497 e. The van der Waals surface area contributed by atoms with Gasteiger partial charge >= 0.3 is 0 Å². The summed E-state index contributed by atoms with van der Waals surface area (Å²) in [7, 11) is 5.86. The summed E-state index contributed by atoms with van der Waals surface area (Å²) < 4.78 is 5.40. The van der Waals surface area contributed by atoms with E-state index in [1.165, 1.54) is 21.7 Å². The molecular weight excluding hydrogens is 402 g/mol. The predicted octanol–water partition coefficient (Wildman–Crippen LogP) is 6.73. The molecule has 0 aliphatic carbocycles. The summed E-state index contributed by atoms with van der Waals surface area (Å²) in [6, 6.07) is 15.1. The fourth-order valence-electron chi connectivity index (χ4n) is 4.81. The second kappa shape index (κ2) is 10.8. The Hall–Kier alpha value is -1.65. The summed E-state index contributed by atoms with van der Waals surface area (Å²) in [6.07, 6.45) is 6.40. The minimum atomic E-state index is -0.412. The zero-order chi connectivity index (χ0) is 22.4. The van der Waals surface area contributed by atoms with Crippen LogP contribution in [0.2, 0.25) is 0 Å². The number of methoxy groups -OCH3 is 1. The number of rotatable bonds is 9. The Morgan fingerprint density at radius 3 is 2.23 bits per heavy atom. The molecule has 1 aliphatic rings. The molecule has 0 radical (unpaired) electrons. The number of anilines is 1. The first-order chi connectivity index (χ1) is 15.0. The first-order valence-electron chi connectivity index (χ1n) is 11.7. The highest BCUT2D eigenvalue weighted by atomic mass is 32.2. The number of benzene rings is 2. The molecule has 170 valence electrons. The van der Waals surface area contributed by atoms with Crippen LogP contribution in [-0.4, -0.2) is 38.2 Å². The number of hydrogen-bond acceptors (Lipinski definition) is 4. The number of unbranched alkanes of at least 4 members (excludes halogenated alkanes) is 2. The van der Waals surface area contributed by atoms with Gasteiger partial charge in [0.05, 0.1) is 13.2 Å². The van der Waals surface area contributed by atoms with Crippen LogP contribution in [0.5, 0.6) is 5.75 Å². The smallest absolute Gasteiger partial charge is 0.118 e. The number of aliphatic hydroxyl groups excluding tert-OH is 1. The van der Waals surface area contributed by atoms with Gasteiger partial charge in [-0.3, -0.25) is 0 Å². The maximum Gasteiger partial charge on any atom is 0.118 e. The van der Waals surface area contributed by atoms with Crippen LogP contribution in [0, 0.1) is 5.41 Å². The maximum absolute atomic E-state index is 12.1. The molecule has 0 bridgehead atoms. The Morgan fingerprint density at radius 2 is 1.68 bits per heavy atom. The zero-order valence-corrected chi connectivity index (χ0v) is 20.7. The molecular formula is C27H39NO2S. The summed E-state index contributed by atoms with van der Waals surface area (Å²) in [5, 5.41) is 12.1. The van der Waals surface area contributed by atoms with Crippen LogP contribution in [0.25, 0.3) is 0 Å². The van der Waals surface area contributed by atoms with Gasteiger partial charge in [-0.2, -0.15) is 0 Å². The van der Waals surface area contributed by atoms with E-state index in [-0.39, 0.29) is 11.3 Å². The van der Waals surface area contributed by atoms with Crippen LogP contribution in [0.3, 0.4) is 0 Å². The van der Waals surface area contributed by atoms with E-state index in [0.717, 1.165) is 50.0 Å². The molecule has 31 heavy (non-hydrogen) atoms. The van der Waals surface area contributed by atoms with Gasteiger partial charge < -0.3 is 14.7 Å². The fraction of sp³-hybridized carbons (Fsp3) is 0.556. The molecule has 2 aromatic carbocycles. The van der Waals surface area contributed by atoms with Gasteiger partial charge in [-0.25, -0.2) is 0 Å². The van der Waals surface area contributed by atoms with E-state index < -0.39 is 6.10 Å². The molecule has 1 heterocycles. The second-order valence-electron chi connectivity index (χ2n) is 9.17. The van der Waals surface area contributed by atoms with Crippen LogP contribution in [0.1, 0.15) is 69.4 Å². The van der Waals surface area contributed by atoms with Crippen molar-refractivity contribution in [2.75, 3.05) is 31.9 Å². The normalized spacial score (nSPS) is 20.1. The van der Waals surface area contributed by atoms with Gasteiger partial charge in [0.25, 0.3) is 0 Å². The standard InChI is InChI=1S/C27H39NO2S/c1-6-8-16-27(17-9-7-2)19-31-24-15-12-21(28(3)4)18-23(24)25(26(27)29)20-10-13-22(30-5)14-11-20/h10-15,18,25-26,29H,6-9,16-17,19H2,1-5H3/t25-,26-/m1/s1. The predicted molar refractivity (Wildman–Crippen MR) is 134 cm³/mol. The van der Waals surface area contributed by atoms with Gasteiger partial charge in [-0.05, 0) is 54.3 Å². The molecule has 2 aromatic rings. The Kier molecular flexibility index (Phi) is 8.35. The molecule has 4 heteroatoms. The molecule has 1 aliphatic heterocycles. The lowest BCUT2D eigenvalue weighted by atomic mass is 9.68. The van der Waals surface area contributed by atoms with Gasteiger partial charge in [-0.1, -0.05) is 51.7 Å². The van der Waals surface area contributed by atoms with Crippen molar-refractivity contribution < 1.29 is 9.84 Å². The zero-order valence-electron chi connectivity index (χ0n) is 19.9. The quantitative estimate of drug-likeness (QED) is 0.468. The average Bonchev–Trinajstić information content (AvgIpc) is 2.90. The number of hydrogen-bond donors (Lipinski definition) is 1. The molecule has 0 fully saturated rings. The van der Waals surface area contributed by atoms with Crippen LogP contribution < -0.4 is 9.64 Å². The first kappa shape index (κ1) is 24.0. The number of thioether (sulfide) groups is 1. The van der Waals surface area contributed by atoms with Crippen molar-refractivity contribution >= 4 is 17.4 Å². The molecule has 0 spiro atoms. The van der Waals surface area contributed by atoms with Crippen molar-refractivity contribution in [3.05, 3.63) is 53.6 Å². The molecule has 1 N–H and O–H groups in total. The molecule has 0 aromatic heterocycles. The Morgan fingerprint density at radius 1 is 1.03 bits per heavy atom. The summed E-state index contributed by atoms with van der Waals surface area (Å²) >= 11 is 1.94. The van der Waals surface area contributed by atoms with E-state index in [0.29, 0.717) is 0 Å². The van der Waals surface area contributed by atoms with Gasteiger partial charge in [0, 0.05) is 41.8 Å². The van der Waals surface area contributed by atoms with Crippen LogP contribution >= 0.6 is 11.8 Å². The van der Waals surface area contributed by atoms with Crippen molar-refractivity contribution in [3.63, 3.8) is 0 Å². The summed E-state index contributed by atoms with van der Waals surface area (Å²) in [5.74, 6) is 1.80. The monoisotopic (exact) mass is 441 g/mol. The minimum Gasteiger partial charge on any atom is -0.497 e. The van der Waals surface area contributed by atoms with Crippen molar-refractivity contribution in [1.82, 2.24) is 0 Å². The van der Waals surface area contributed by atoms with E-state index >= 15 is 0 Å². The minimum absolute atomic E-state index is 0.0375. The molecule has 0 saturated carbocycles. The van der Waals surface area contributed by atoms with Gasteiger partial charge in [0.1, 0.15) is 5.75 Å². The summed E-state index contributed by atoms with van der Waals surface area (Å²) in [6.45, 7) is 4.51. The molecule has 2 atom stereocenters. The van der Waals surface area contributed by atoms with E-state index in [1.807, 2.05) is 23.9 Å². The van der Waals surface area contributed by atoms with Crippen molar-refractivity contribution in [2.45, 2.75) is 69.3 Å². The number of fused-ring (bicyclic) bond motifs is 1. The molecule has 0 amide bonds. The number of nitrogens with zero attached hydrogens (tertiary/aromatic N) is 1. The van der Waals surface area contributed by atoms with Crippen LogP contribution in [0.15, 0.2) is 47.4 Å². The Bertz CT molecular complexity index is 826.